The second-order valence-electron chi connectivity index (χ2n) is 10.7. The number of nitrogens with zero attached hydrogens (tertiary/aromatic N) is 2. The van der Waals surface area contributed by atoms with Crippen molar-refractivity contribution in [2.75, 3.05) is 77.1 Å². The maximum absolute atomic E-state index is 12.0. The Bertz CT molecular complexity index is 1370. The second kappa shape index (κ2) is 18.0. The average molecular weight is 620 g/mol. The van der Waals surface area contributed by atoms with Gasteiger partial charge in [0.25, 0.3) is 0 Å². The van der Waals surface area contributed by atoms with E-state index in [9.17, 15) is 9.59 Å². The number of ether oxygens (including phenoxy) is 5. The fourth-order valence-corrected chi connectivity index (χ4v) is 5.21. The van der Waals surface area contributed by atoms with Crippen molar-refractivity contribution in [3.05, 3.63) is 77.9 Å². The van der Waals surface area contributed by atoms with Crippen LogP contribution in [0.1, 0.15) is 30.4 Å². The van der Waals surface area contributed by atoms with Crippen molar-refractivity contribution >= 4 is 23.2 Å². The van der Waals surface area contributed by atoms with Crippen LogP contribution in [0.2, 0.25) is 0 Å². The van der Waals surface area contributed by atoms with E-state index >= 15 is 0 Å². The summed E-state index contributed by atoms with van der Waals surface area (Å²) in [4.78, 5) is 27.5. The smallest absolute Gasteiger partial charge is 0.240 e. The highest BCUT2D eigenvalue weighted by Gasteiger charge is 2.24. The first kappa shape index (κ1) is 33.8. The molecule has 0 atom stereocenters. The normalized spacial score (nSPS) is 14.4. The minimum Gasteiger partial charge on any atom is -0.497 e. The zero-order valence-corrected chi connectivity index (χ0v) is 26.6. The number of rotatable bonds is 14. The van der Waals surface area contributed by atoms with Gasteiger partial charge in [-0.05, 0) is 54.8 Å². The first-order valence-corrected chi connectivity index (χ1v) is 15.4. The lowest BCUT2D eigenvalue weighted by Crippen LogP contribution is -2.48. The summed E-state index contributed by atoms with van der Waals surface area (Å²) in [5, 5.41) is 3.07. The number of hydrogen-bond acceptors (Lipinski definition) is 8. The van der Waals surface area contributed by atoms with E-state index in [1.54, 1.807) is 26.2 Å². The van der Waals surface area contributed by atoms with Gasteiger partial charge in [-0.1, -0.05) is 24.3 Å². The number of anilines is 2. The van der Waals surface area contributed by atoms with Gasteiger partial charge >= 0.3 is 0 Å². The number of carbonyl (C=O) groups is 2. The molecule has 1 fully saturated rings. The van der Waals surface area contributed by atoms with E-state index in [0.29, 0.717) is 52.5 Å². The molecule has 10 nitrogen and oxygen atoms in total. The van der Waals surface area contributed by atoms with E-state index in [1.807, 2.05) is 71.6 Å². The standard InChI is InChI=1S/C21H26N2O4.C14H19NO3/c1-25-20-6-3-2-5-17(20)16-26-13-4-14-27-19-9-7-18(8-10-19)23-12-11-22-15-21(23)24;1-17-9-3-8-15-13-10-12(18-2)6-4-11(13)5-7-14(15)16/h2-3,5-10,22H,4,11-16H2,1H3;4,6,10H,3,5,7-9H2,1-2H3. The van der Waals surface area contributed by atoms with Gasteiger partial charge < -0.3 is 38.8 Å². The van der Waals surface area contributed by atoms with Crippen molar-refractivity contribution < 1.29 is 33.3 Å². The highest BCUT2D eigenvalue weighted by atomic mass is 16.5. The Morgan fingerprint density at radius 2 is 1.60 bits per heavy atom. The summed E-state index contributed by atoms with van der Waals surface area (Å²) in [6, 6.07) is 21.4. The summed E-state index contributed by atoms with van der Waals surface area (Å²) in [5.74, 6) is 2.72. The topological polar surface area (TPSA) is 98.8 Å². The molecular weight excluding hydrogens is 574 g/mol. The van der Waals surface area contributed by atoms with Crippen LogP contribution in [0.4, 0.5) is 11.4 Å². The van der Waals surface area contributed by atoms with Crippen LogP contribution in [0.25, 0.3) is 0 Å². The van der Waals surface area contributed by atoms with E-state index in [4.69, 9.17) is 23.7 Å². The molecule has 0 aromatic heterocycles. The summed E-state index contributed by atoms with van der Waals surface area (Å²) in [6.07, 6.45) is 3.05. The lowest BCUT2D eigenvalue weighted by Gasteiger charge is -2.29. The molecule has 242 valence electrons. The quantitative estimate of drug-likeness (QED) is 0.261. The minimum absolute atomic E-state index is 0.0992. The van der Waals surface area contributed by atoms with Crippen LogP contribution in [0.15, 0.2) is 66.7 Å². The van der Waals surface area contributed by atoms with Crippen molar-refractivity contribution in [3.8, 4) is 17.2 Å². The van der Waals surface area contributed by atoms with E-state index < -0.39 is 0 Å². The first-order valence-electron chi connectivity index (χ1n) is 15.4. The van der Waals surface area contributed by atoms with Gasteiger partial charge in [-0.25, -0.2) is 0 Å². The minimum atomic E-state index is 0.0992. The third-order valence-corrected chi connectivity index (χ3v) is 7.61. The van der Waals surface area contributed by atoms with E-state index in [-0.39, 0.29) is 11.8 Å². The third kappa shape index (κ3) is 9.94. The number of fused-ring (bicyclic) bond motifs is 1. The lowest BCUT2D eigenvalue weighted by molar-refractivity contribution is -0.119. The Morgan fingerprint density at radius 3 is 2.36 bits per heavy atom. The first-order chi connectivity index (χ1) is 22.0. The number of carbonyl (C=O) groups excluding carboxylic acids is 2. The zero-order chi connectivity index (χ0) is 31.9. The fraction of sp³-hybridized carbons (Fsp3) is 0.429. The molecule has 0 unspecified atom stereocenters. The van der Waals surface area contributed by atoms with Gasteiger partial charge in [0.1, 0.15) is 17.2 Å². The van der Waals surface area contributed by atoms with Crippen LogP contribution >= 0.6 is 0 Å². The highest BCUT2D eigenvalue weighted by Crippen LogP contribution is 2.31. The molecular formula is C35H45N3O7. The third-order valence-electron chi connectivity index (χ3n) is 7.61. The van der Waals surface area contributed by atoms with Crippen molar-refractivity contribution in [3.63, 3.8) is 0 Å². The molecule has 0 spiro atoms. The number of methoxy groups -OCH3 is 3. The van der Waals surface area contributed by atoms with E-state index in [1.165, 1.54) is 5.56 Å². The predicted octanol–water partition coefficient (Wildman–Crippen LogP) is 4.63. The molecule has 2 heterocycles. The highest BCUT2D eigenvalue weighted by molar-refractivity contribution is 5.97. The zero-order valence-electron chi connectivity index (χ0n) is 26.6. The lowest BCUT2D eigenvalue weighted by atomic mass is 10.0. The Balaban J connectivity index is 0.000000222. The molecule has 1 N–H and O–H groups in total. The maximum Gasteiger partial charge on any atom is 0.240 e. The van der Waals surface area contributed by atoms with Crippen LogP contribution in [-0.2, 0) is 32.1 Å². The molecule has 45 heavy (non-hydrogen) atoms. The van der Waals surface area contributed by atoms with Crippen LogP contribution < -0.4 is 29.3 Å². The number of piperazine rings is 1. The maximum atomic E-state index is 12.0. The van der Waals surface area contributed by atoms with Gasteiger partial charge in [0.2, 0.25) is 11.8 Å². The summed E-state index contributed by atoms with van der Waals surface area (Å²) in [7, 11) is 4.98. The molecule has 3 aromatic rings. The largest absolute Gasteiger partial charge is 0.497 e. The van der Waals surface area contributed by atoms with E-state index in [2.05, 4.69) is 5.32 Å². The SMILES string of the molecule is COCCCN1C(=O)CCc2ccc(OC)cc21.COc1ccccc1COCCCOc1ccc(N2CCNCC2=O)cc1. The van der Waals surface area contributed by atoms with E-state index in [0.717, 1.165) is 60.0 Å². The van der Waals surface area contributed by atoms with Crippen LogP contribution in [-0.4, -0.2) is 79.1 Å². The fourth-order valence-electron chi connectivity index (χ4n) is 5.21. The van der Waals surface area contributed by atoms with Gasteiger partial charge in [0.15, 0.2) is 0 Å². The number of nitrogens with one attached hydrogen (secondary N) is 1. The Hall–Kier alpha value is -4.12. The Morgan fingerprint density at radius 1 is 0.800 bits per heavy atom. The molecule has 0 bridgehead atoms. The van der Waals surface area contributed by atoms with Gasteiger partial charge in [-0.2, -0.15) is 0 Å². The van der Waals surface area contributed by atoms with Crippen LogP contribution in [0.3, 0.4) is 0 Å². The molecule has 3 aromatic carbocycles. The Kier molecular flexibility index (Phi) is 13.5. The number of aryl methyl sites for hydroxylation is 1. The van der Waals surface area contributed by atoms with Gasteiger partial charge in [0, 0.05) is 63.5 Å². The molecule has 10 heteroatoms. The van der Waals surface area contributed by atoms with Crippen molar-refractivity contribution in [2.24, 2.45) is 0 Å². The predicted molar refractivity (Wildman–Crippen MR) is 175 cm³/mol. The van der Waals surface area contributed by atoms with Gasteiger partial charge in [-0.15, -0.1) is 0 Å². The average Bonchev–Trinajstić information content (AvgIpc) is 3.08. The van der Waals surface area contributed by atoms with Gasteiger partial charge in [-0.3, -0.25) is 9.59 Å². The number of hydrogen-bond donors (Lipinski definition) is 1. The number of benzene rings is 3. The molecule has 2 aliphatic heterocycles. The monoisotopic (exact) mass is 619 g/mol. The van der Waals surface area contributed by atoms with Crippen LogP contribution in [0, 0.1) is 0 Å². The number of para-hydroxylation sites is 1. The molecule has 0 saturated carbocycles. The second-order valence-corrected chi connectivity index (χ2v) is 10.7. The van der Waals surface area contributed by atoms with Crippen molar-refractivity contribution in [2.45, 2.75) is 32.3 Å². The molecule has 5 rings (SSSR count). The molecule has 0 aliphatic carbocycles. The summed E-state index contributed by atoms with van der Waals surface area (Å²) >= 11 is 0. The van der Waals surface area contributed by atoms with Crippen molar-refractivity contribution in [1.82, 2.24) is 5.32 Å². The summed E-state index contributed by atoms with van der Waals surface area (Å²) < 4.78 is 27.0. The van der Waals surface area contributed by atoms with Crippen molar-refractivity contribution in [1.29, 1.82) is 0 Å². The molecule has 2 amide bonds. The summed E-state index contributed by atoms with van der Waals surface area (Å²) in [6.45, 7) is 5.01. The van der Waals surface area contributed by atoms with Gasteiger partial charge in [0.05, 0.1) is 46.3 Å². The Labute approximate surface area is 266 Å². The molecule has 2 aliphatic rings. The molecule has 0 radical (unpaired) electrons. The number of amides is 2. The molecule has 1 saturated heterocycles. The summed E-state index contributed by atoms with van der Waals surface area (Å²) in [5.41, 5.74) is 4.16. The van der Waals surface area contributed by atoms with Crippen LogP contribution in [0.5, 0.6) is 17.2 Å².